The molecule has 2 atom stereocenters. The highest BCUT2D eigenvalue weighted by Crippen LogP contribution is 2.61. The molecule has 0 spiro atoms. The van der Waals surface area contributed by atoms with Crippen molar-refractivity contribution in [2.45, 2.75) is 90.6 Å². The highest BCUT2D eigenvalue weighted by Gasteiger charge is 2.53. The highest BCUT2D eigenvalue weighted by molar-refractivity contribution is 5.04. The van der Waals surface area contributed by atoms with Crippen LogP contribution < -0.4 is 0 Å². The van der Waals surface area contributed by atoms with E-state index in [1.807, 2.05) is 0 Å². The lowest BCUT2D eigenvalue weighted by Gasteiger charge is -2.58. The van der Waals surface area contributed by atoms with Gasteiger partial charge in [-0.3, -0.25) is 0 Å². The van der Waals surface area contributed by atoms with Crippen LogP contribution in [0.1, 0.15) is 84.5 Å². The van der Waals surface area contributed by atoms with Crippen LogP contribution >= 0.6 is 0 Å². The zero-order valence-electron chi connectivity index (χ0n) is 13.6. The van der Waals surface area contributed by atoms with E-state index in [9.17, 15) is 5.11 Å². The second-order valence-electron chi connectivity index (χ2n) is 8.45. The Morgan fingerprint density at radius 1 is 1.00 bits per heavy atom. The molecule has 1 heteroatoms. The summed E-state index contributed by atoms with van der Waals surface area (Å²) in [6, 6.07) is 0. The summed E-state index contributed by atoms with van der Waals surface area (Å²) in [6.07, 6.45) is 14.8. The molecule has 0 aliphatic heterocycles. The van der Waals surface area contributed by atoms with Gasteiger partial charge in [0.1, 0.15) is 0 Å². The fourth-order valence-electron chi connectivity index (χ4n) is 6.13. The van der Waals surface area contributed by atoms with Gasteiger partial charge in [0, 0.05) is 0 Å². The van der Waals surface area contributed by atoms with Crippen LogP contribution in [0.2, 0.25) is 0 Å². The molecule has 4 aliphatic carbocycles. The zero-order valence-corrected chi connectivity index (χ0v) is 13.6. The maximum Gasteiger partial charge on any atom is 0.0599 e. The van der Waals surface area contributed by atoms with Crippen molar-refractivity contribution in [3.8, 4) is 0 Å². The van der Waals surface area contributed by atoms with Crippen molar-refractivity contribution in [1.82, 2.24) is 0 Å². The molecule has 2 unspecified atom stereocenters. The van der Waals surface area contributed by atoms with Crippen LogP contribution in [0.3, 0.4) is 0 Å². The first-order valence-corrected chi connectivity index (χ1v) is 9.33. The van der Waals surface area contributed by atoms with Gasteiger partial charge in [0.25, 0.3) is 0 Å². The fourth-order valence-corrected chi connectivity index (χ4v) is 6.13. The molecule has 0 amide bonds. The smallest absolute Gasteiger partial charge is 0.0599 e. The molecule has 0 heterocycles. The van der Waals surface area contributed by atoms with Crippen LogP contribution in [0, 0.1) is 29.1 Å². The Kier molecular flexibility index (Phi) is 4.45. The molecule has 1 nitrogen and oxygen atoms in total. The summed E-state index contributed by atoms with van der Waals surface area (Å²) in [6.45, 7) is 4.59. The minimum absolute atomic E-state index is 0.00212. The van der Waals surface area contributed by atoms with Crippen LogP contribution in [0.25, 0.3) is 0 Å². The number of aliphatic hydroxyl groups excluding tert-OH is 1. The summed E-state index contributed by atoms with van der Waals surface area (Å²) in [4.78, 5) is 0. The van der Waals surface area contributed by atoms with Gasteiger partial charge in [-0.15, -0.1) is 0 Å². The van der Waals surface area contributed by atoms with Crippen molar-refractivity contribution in [1.29, 1.82) is 0 Å². The summed E-state index contributed by atoms with van der Waals surface area (Å²) in [7, 11) is 0. The lowest BCUT2D eigenvalue weighted by molar-refractivity contribution is -0.126. The lowest BCUT2D eigenvalue weighted by Crippen LogP contribution is -2.52. The van der Waals surface area contributed by atoms with E-state index < -0.39 is 0 Å². The van der Waals surface area contributed by atoms with Crippen LogP contribution in [-0.2, 0) is 0 Å². The van der Waals surface area contributed by atoms with Gasteiger partial charge in [0.2, 0.25) is 0 Å². The summed E-state index contributed by atoms with van der Waals surface area (Å²) in [5.41, 5.74) is 0.342. The third-order valence-corrected chi connectivity index (χ3v) is 6.89. The average Bonchev–Trinajstić information content (AvgIpc) is 2.41. The van der Waals surface area contributed by atoms with E-state index in [1.165, 1.54) is 64.2 Å². The third kappa shape index (κ3) is 2.80. The Morgan fingerprint density at radius 3 is 2.00 bits per heavy atom. The summed E-state index contributed by atoms with van der Waals surface area (Å²) >= 11 is 0. The SMILES string of the molecule is CCCCC(CC)CC(O)C12CC3CC(CC(C3)C1)C2. The molecular weight excluding hydrogens is 244 g/mol. The van der Waals surface area contributed by atoms with Gasteiger partial charge >= 0.3 is 0 Å². The first-order valence-electron chi connectivity index (χ1n) is 9.33. The summed E-state index contributed by atoms with van der Waals surface area (Å²) in [5.74, 6) is 3.66. The van der Waals surface area contributed by atoms with Crippen LogP contribution in [0.15, 0.2) is 0 Å². The molecule has 0 aromatic carbocycles. The Labute approximate surface area is 125 Å². The van der Waals surface area contributed by atoms with E-state index in [1.54, 1.807) is 0 Å². The molecule has 4 aliphatic rings. The van der Waals surface area contributed by atoms with E-state index in [-0.39, 0.29) is 6.10 Å². The molecule has 4 saturated carbocycles. The predicted octanol–water partition coefficient (Wildman–Crippen LogP) is 5.17. The summed E-state index contributed by atoms with van der Waals surface area (Å²) < 4.78 is 0. The normalized spacial score (nSPS) is 41.9. The van der Waals surface area contributed by atoms with E-state index in [0.29, 0.717) is 5.41 Å². The Balaban J connectivity index is 1.62. The Bertz CT molecular complexity index is 286. The summed E-state index contributed by atoms with van der Waals surface area (Å²) in [5, 5.41) is 11.0. The van der Waals surface area contributed by atoms with Gasteiger partial charge in [-0.1, -0.05) is 39.5 Å². The maximum atomic E-state index is 11.0. The minimum atomic E-state index is -0.00212. The number of rotatable bonds is 7. The van der Waals surface area contributed by atoms with Gasteiger partial charge < -0.3 is 5.11 Å². The highest BCUT2D eigenvalue weighted by atomic mass is 16.3. The van der Waals surface area contributed by atoms with Crippen LogP contribution in [-0.4, -0.2) is 11.2 Å². The van der Waals surface area contributed by atoms with Crippen LogP contribution in [0.5, 0.6) is 0 Å². The van der Waals surface area contributed by atoms with Crippen molar-refractivity contribution >= 4 is 0 Å². The largest absolute Gasteiger partial charge is 0.393 e. The number of hydrogen-bond acceptors (Lipinski definition) is 1. The molecule has 4 rings (SSSR count). The molecule has 4 bridgehead atoms. The van der Waals surface area contributed by atoms with Crippen molar-refractivity contribution in [2.75, 3.05) is 0 Å². The van der Waals surface area contributed by atoms with Crippen molar-refractivity contribution < 1.29 is 5.11 Å². The van der Waals surface area contributed by atoms with Gasteiger partial charge in [-0.2, -0.15) is 0 Å². The molecule has 20 heavy (non-hydrogen) atoms. The van der Waals surface area contributed by atoms with Crippen molar-refractivity contribution in [3.63, 3.8) is 0 Å². The maximum absolute atomic E-state index is 11.0. The van der Waals surface area contributed by atoms with E-state index in [0.717, 1.165) is 30.1 Å². The minimum Gasteiger partial charge on any atom is -0.393 e. The number of aliphatic hydroxyl groups is 1. The Morgan fingerprint density at radius 2 is 1.55 bits per heavy atom. The zero-order chi connectivity index (χ0) is 14.2. The topological polar surface area (TPSA) is 20.2 Å². The number of hydrogen-bond donors (Lipinski definition) is 1. The van der Waals surface area contributed by atoms with E-state index >= 15 is 0 Å². The lowest BCUT2D eigenvalue weighted by atomic mass is 9.47. The second-order valence-corrected chi connectivity index (χ2v) is 8.45. The molecule has 4 fully saturated rings. The van der Waals surface area contributed by atoms with Gasteiger partial charge in [0.15, 0.2) is 0 Å². The first kappa shape index (κ1) is 14.9. The van der Waals surface area contributed by atoms with E-state index in [2.05, 4.69) is 13.8 Å². The van der Waals surface area contributed by atoms with Gasteiger partial charge in [0.05, 0.1) is 6.10 Å². The molecule has 116 valence electrons. The quantitative estimate of drug-likeness (QED) is 0.681. The van der Waals surface area contributed by atoms with Gasteiger partial charge in [-0.25, -0.2) is 0 Å². The molecule has 0 aromatic heterocycles. The standard InChI is InChI=1S/C19H34O/c1-3-5-6-14(4-2)10-18(20)19-11-15-7-16(12-19)9-17(8-15)13-19/h14-18,20H,3-13H2,1-2H3. The molecular formula is C19H34O. The average molecular weight is 278 g/mol. The fraction of sp³-hybridized carbons (Fsp3) is 1.00. The molecule has 0 aromatic rings. The van der Waals surface area contributed by atoms with Crippen LogP contribution in [0.4, 0.5) is 0 Å². The molecule has 0 radical (unpaired) electrons. The van der Waals surface area contributed by atoms with Crippen molar-refractivity contribution in [2.24, 2.45) is 29.1 Å². The Hall–Kier alpha value is -0.0400. The monoisotopic (exact) mass is 278 g/mol. The first-order chi connectivity index (χ1) is 9.65. The third-order valence-electron chi connectivity index (χ3n) is 6.89. The second kappa shape index (κ2) is 5.99. The van der Waals surface area contributed by atoms with Gasteiger partial charge in [-0.05, 0) is 74.0 Å². The van der Waals surface area contributed by atoms with Crippen molar-refractivity contribution in [3.05, 3.63) is 0 Å². The number of unbranched alkanes of at least 4 members (excludes halogenated alkanes) is 1. The molecule has 0 saturated heterocycles. The predicted molar refractivity (Wildman–Crippen MR) is 84.5 cm³/mol. The van der Waals surface area contributed by atoms with E-state index in [4.69, 9.17) is 0 Å². The molecule has 1 N–H and O–H groups in total.